The molecule has 2 aromatic heterocycles. The van der Waals surface area contributed by atoms with E-state index in [0.717, 1.165) is 22.8 Å². The fourth-order valence-corrected chi connectivity index (χ4v) is 4.80. The number of aromatic hydroxyl groups is 1. The van der Waals surface area contributed by atoms with E-state index in [2.05, 4.69) is 53.9 Å². The van der Waals surface area contributed by atoms with Crippen LogP contribution in [0.5, 0.6) is 5.88 Å². The van der Waals surface area contributed by atoms with Gasteiger partial charge in [-0.2, -0.15) is 0 Å². The van der Waals surface area contributed by atoms with Gasteiger partial charge in [-0.3, -0.25) is 4.79 Å². The van der Waals surface area contributed by atoms with Crippen molar-refractivity contribution in [3.05, 3.63) is 58.2 Å². The van der Waals surface area contributed by atoms with Crippen LogP contribution in [0.2, 0.25) is 0 Å². The van der Waals surface area contributed by atoms with Gasteiger partial charge in [-0.25, -0.2) is 0 Å². The Morgan fingerprint density at radius 3 is 2.87 bits per heavy atom. The average molecular weight is 465 g/mol. The second-order valence-electron chi connectivity index (χ2n) is 7.66. The molecule has 0 spiro atoms. The number of carbonyl (C=O) groups is 1. The summed E-state index contributed by atoms with van der Waals surface area (Å²) in [7, 11) is 0. The van der Waals surface area contributed by atoms with E-state index in [1.54, 1.807) is 0 Å². The minimum atomic E-state index is -0.305. The number of rotatable bonds is 4. The highest BCUT2D eigenvalue weighted by molar-refractivity contribution is 9.10. The summed E-state index contributed by atoms with van der Waals surface area (Å²) in [5, 5.41) is 20.1. The van der Waals surface area contributed by atoms with E-state index in [4.69, 9.17) is 0 Å². The Morgan fingerprint density at radius 1 is 1.13 bits per heavy atom. The van der Waals surface area contributed by atoms with Crippen LogP contribution in [0.3, 0.4) is 0 Å². The van der Waals surface area contributed by atoms with Crippen molar-refractivity contribution in [2.24, 2.45) is 10.2 Å². The third kappa shape index (κ3) is 3.33. The Balaban J connectivity index is 1.38. The summed E-state index contributed by atoms with van der Waals surface area (Å²) >= 11 is 3.42. The van der Waals surface area contributed by atoms with Crippen LogP contribution < -0.4 is 0 Å². The first-order valence-corrected chi connectivity index (χ1v) is 10.9. The molecule has 152 valence electrons. The predicted molar refractivity (Wildman–Crippen MR) is 120 cm³/mol. The molecule has 4 aromatic rings. The monoisotopic (exact) mass is 464 g/mol. The van der Waals surface area contributed by atoms with E-state index in [0.29, 0.717) is 11.9 Å². The molecule has 0 aliphatic heterocycles. The van der Waals surface area contributed by atoms with Gasteiger partial charge >= 0.3 is 0 Å². The summed E-state index contributed by atoms with van der Waals surface area (Å²) in [6.07, 6.45) is 4.83. The molecule has 30 heavy (non-hydrogen) atoms. The molecule has 1 aliphatic rings. The van der Waals surface area contributed by atoms with Crippen molar-refractivity contribution < 1.29 is 9.90 Å². The normalized spacial score (nSPS) is 14.0. The van der Waals surface area contributed by atoms with Crippen LogP contribution in [0.4, 0.5) is 5.69 Å². The van der Waals surface area contributed by atoms with E-state index >= 15 is 0 Å². The van der Waals surface area contributed by atoms with Crippen molar-refractivity contribution in [3.8, 4) is 5.88 Å². The molecule has 2 N–H and O–H groups in total. The number of benzene rings is 2. The highest BCUT2D eigenvalue weighted by Crippen LogP contribution is 2.37. The number of aromatic amines is 1. The molecular formula is C23H21BrN4O2. The van der Waals surface area contributed by atoms with Gasteiger partial charge in [0, 0.05) is 39.4 Å². The minimum absolute atomic E-state index is 0.0925. The lowest BCUT2D eigenvalue weighted by Crippen LogP contribution is -2.10. The van der Waals surface area contributed by atoms with Crippen molar-refractivity contribution in [3.63, 3.8) is 0 Å². The maximum Gasteiger partial charge on any atom is 0.266 e. The fraction of sp³-hybridized carbons (Fsp3) is 0.261. The highest BCUT2D eigenvalue weighted by Gasteiger charge is 2.20. The number of nitrogens with zero attached hydrogens (tertiary/aromatic N) is 3. The van der Waals surface area contributed by atoms with Gasteiger partial charge in [0.2, 0.25) is 5.88 Å². The number of aromatic nitrogens is 2. The van der Waals surface area contributed by atoms with Gasteiger partial charge in [0.25, 0.3) is 5.91 Å². The molecule has 2 heterocycles. The second-order valence-corrected chi connectivity index (χ2v) is 8.57. The number of carbonyl (C=O) groups excluding carboxylic acids is 1. The van der Waals surface area contributed by atoms with Gasteiger partial charge in [0.05, 0.1) is 5.52 Å². The number of halogens is 1. The minimum Gasteiger partial charge on any atom is -0.493 e. The van der Waals surface area contributed by atoms with Crippen molar-refractivity contribution in [2.75, 3.05) is 0 Å². The van der Waals surface area contributed by atoms with Crippen LogP contribution in [-0.4, -0.2) is 20.6 Å². The van der Waals surface area contributed by atoms with E-state index in [9.17, 15) is 9.90 Å². The van der Waals surface area contributed by atoms with Gasteiger partial charge < -0.3 is 14.7 Å². The Bertz CT molecular complexity index is 1300. The molecule has 0 saturated heterocycles. The smallest absolute Gasteiger partial charge is 0.266 e. The zero-order chi connectivity index (χ0) is 20.7. The Morgan fingerprint density at radius 2 is 1.97 bits per heavy atom. The first-order chi connectivity index (χ1) is 14.6. The molecule has 0 unspecified atom stereocenters. The average Bonchev–Trinajstić information content (AvgIpc) is 3.24. The van der Waals surface area contributed by atoms with Crippen LogP contribution in [-0.2, 0) is 24.2 Å². The molecule has 7 heteroatoms. The van der Waals surface area contributed by atoms with Crippen molar-refractivity contribution in [2.45, 2.75) is 38.6 Å². The largest absolute Gasteiger partial charge is 0.493 e. The number of H-pyrrole nitrogens is 1. The van der Waals surface area contributed by atoms with Crippen LogP contribution in [0.25, 0.3) is 21.8 Å². The predicted octanol–water partition coefficient (Wildman–Crippen LogP) is 6.17. The summed E-state index contributed by atoms with van der Waals surface area (Å²) in [5.74, 6) is -0.397. The van der Waals surface area contributed by atoms with Gasteiger partial charge in [0.15, 0.2) is 5.69 Å². The Kier molecular flexibility index (Phi) is 4.90. The number of fused-ring (bicyclic) bond motifs is 4. The zero-order valence-corrected chi connectivity index (χ0v) is 17.9. The van der Waals surface area contributed by atoms with Gasteiger partial charge in [-0.15, -0.1) is 10.2 Å². The molecule has 0 radical (unpaired) electrons. The maximum atomic E-state index is 12.5. The lowest BCUT2D eigenvalue weighted by molar-refractivity contribution is -0.118. The Hall–Kier alpha value is -2.93. The third-order valence-corrected chi connectivity index (χ3v) is 6.30. The molecule has 0 saturated carbocycles. The number of aryl methyl sites for hydroxylation is 2. The lowest BCUT2D eigenvalue weighted by Gasteiger charge is -2.15. The molecular weight excluding hydrogens is 444 g/mol. The number of hydrogen-bond acceptors (Lipinski definition) is 3. The molecule has 1 amide bonds. The van der Waals surface area contributed by atoms with Gasteiger partial charge in [-0.1, -0.05) is 34.1 Å². The summed E-state index contributed by atoms with van der Waals surface area (Å²) in [4.78, 5) is 15.3. The zero-order valence-electron chi connectivity index (χ0n) is 16.4. The topological polar surface area (TPSA) is 82.7 Å². The van der Waals surface area contributed by atoms with Crippen molar-refractivity contribution >= 4 is 49.3 Å². The molecule has 0 bridgehead atoms. The molecule has 0 atom stereocenters. The van der Waals surface area contributed by atoms with E-state index in [-0.39, 0.29) is 23.9 Å². The van der Waals surface area contributed by atoms with Crippen LogP contribution in [0, 0.1) is 0 Å². The number of nitrogens with one attached hydrogen (secondary N) is 1. The third-order valence-electron chi connectivity index (χ3n) is 5.81. The van der Waals surface area contributed by atoms with Crippen molar-refractivity contribution in [1.82, 2.24) is 9.55 Å². The SMILES string of the molecule is O=C(CCn1c2c(c3ccccc31)CCCC2)N=Nc1c(O)[nH]c2ccc(Br)cc12. The Labute approximate surface area is 181 Å². The quantitative estimate of drug-likeness (QED) is 0.354. The number of amides is 1. The lowest BCUT2D eigenvalue weighted by atomic mass is 9.95. The summed E-state index contributed by atoms with van der Waals surface area (Å²) in [6, 6.07) is 14.0. The van der Waals surface area contributed by atoms with Crippen LogP contribution in [0.1, 0.15) is 30.5 Å². The van der Waals surface area contributed by atoms with E-state index in [1.165, 1.54) is 35.0 Å². The van der Waals surface area contributed by atoms with Gasteiger partial charge in [0.1, 0.15) is 0 Å². The number of azo groups is 1. The molecule has 1 aliphatic carbocycles. The maximum absolute atomic E-state index is 12.5. The van der Waals surface area contributed by atoms with E-state index in [1.807, 2.05) is 24.3 Å². The molecule has 2 aromatic carbocycles. The van der Waals surface area contributed by atoms with E-state index < -0.39 is 0 Å². The molecule has 6 nitrogen and oxygen atoms in total. The van der Waals surface area contributed by atoms with Crippen LogP contribution in [0.15, 0.2) is 57.2 Å². The first kappa shape index (κ1) is 19.1. The molecule has 5 rings (SSSR count). The highest BCUT2D eigenvalue weighted by atomic mass is 79.9. The second kappa shape index (κ2) is 7.72. The standard InChI is InChI=1S/C23H21BrN4O2/c24-14-9-10-18-17(13-14)22(23(30)25-18)27-26-21(29)11-12-28-19-7-3-1-5-15(19)16-6-2-4-8-20(16)28/h1,3,5,7,9-10,13,25,30H,2,4,6,8,11-12H2. The molecule has 0 fully saturated rings. The number of para-hydroxylation sites is 1. The van der Waals surface area contributed by atoms with Crippen molar-refractivity contribution in [1.29, 1.82) is 0 Å². The summed E-state index contributed by atoms with van der Waals surface area (Å²) in [5.41, 5.74) is 4.99. The fourth-order valence-electron chi connectivity index (χ4n) is 4.44. The van der Waals surface area contributed by atoms with Gasteiger partial charge in [-0.05, 0) is 55.5 Å². The summed E-state index contributed by atoms with van der Waals surface area (Å²) in [6.45, 7) is 0.582. The number of hydrogen-bond donors (Lipinski definition) is 2. The van der Waals surface area contributed by atoms with Crippen LogP contribution >= 0.6 is 15.9 Å². The first-order valence-electron chi connectivity index (χ1n) is 10.2. The summed E-state index contributed by atoms with van der Waals surface area (Å²) < 4.78 is 3.14.